The van der Waals surface area contributed by atoms with Gasteiger partial charge in [0.2, 0.25) is 10.0 Å². The lowest BCUT2D eigenvalue weighted by atomic mass is 10.2. The van der Waals surface area contributed by atoms with E-state index < -0.39 is 22.0 Å². The van der Waals surface area contributed by atoms with Gasteiger partial charge in [-0.2, -0.15) is 0 Å². The van der Waals surface area contributed by atoms with Gasteiger partial charge in [0.05, 0.1) is 24.5 Å². The second-order valence-electron chi connectivity index (χ2n) is 4.42. The number of carbonyl (C=O) groups excluding carboxylic acids is 1. The Hall–Kier alpha value is -1.22. The molecular weight excluding hydrogens is 390 g/mol. The van der Waals surface area contributed by atoms with E-state index in [4.69, 9.17) is 0 Å². The van der Waals surface area contributed by atoms with Gasteiger partial charge in [-0.25, -0.2) is 13.1 Å². The molecule has 118 valence electrons. The zero-order valence-corrected chi connectivity index (χ0v) is 14.9. The minimum absolute atomic E-state index is 0.0627. The molecule has 2 rings (SSSR count). The van der Waals surface area contributed by atoms with Crippen molar-refractivity contribution < 1.29 is 17.9 Å². The van der Waals surface area contributed by atoms with E-state index in [1.807, 2.05) is 5.38 Å². The Morgan fingerprint density at radius 3 is 2.55 bits per heavy atom. The standard InChI is InChI=1S/C14H14BrNO4S2/c1-20-14(17)9-12(13-3-2-8-21-13)16-22(18,19)11-6-4-10(15)5-7-11/h2-8,12,16H,9H2,1H3. The number of rotatable bonds is 6. The van der Waals surface area contributed by atoms with Crippen molar-refractivity contribution in [3.63, 3.8) is 0 Å². The van der Waals surface area contributed by atoms with Crippen LogP contribution in [0.1, 0.15) is 17.3 Å². The molecule has 0 fully saturated rings. The summed E-state index contributed by atoms with van der Waals surface area (Å²) in [6.45, 7) is 0. The summed E-state index contributed by atoms with van der Waals surface area (Å²) in [4.78, 5) is 12.4. The molecular formula is C14H14BrNO4S2. The fourth-order valence-electron chi connectivity index (χ4n) is 1.81. The Morgan fingerprint density at radius 1 is 1.32 bits per heavy atom. The number of hydrogen-bond donors (Lipinski definition) is 1. The van der Waals surface area contributed by atoms with E-state index in [2.05, 4.69) is 25.4 Å². The van der Waals surface area contributed by atoms with Crippen molar-refractivity contribution in [3.05, 3.63) is 51.1 Å². The smallest absolute Gasteiger partial charge is 0.307 e. The predicted octanol–water partition coefficient (Wildman–Crippen LogP) is 3.09. The molecule has 0 aliphatic rings. The first kappa shape index (κ1) is 17.1. The highest BCUT2D eigenvalue weighted by molar-refractivity contribution is 9.10. The van der Waals surface area contributed by atoms with Crippen LogP contribution in [0.2, 0.25) is 0 Å². The Bertz CT molecular complexity index is 727. The maximum Gasteiger partial charge on any atom is 0.307 e. The molecule has 8 heteroatoms. The van der Waals surface area contributed by atoms with E-state index in [0.29, 0.717) is 0 Å². The van der Waals surface area contributed by atoms with Gasteiger partial charge in [-0.3, -0.25) is 4.79 Å². The van der Waals surface area contributed by atoms with Crippen molar-refractivity contribution in [1.82, 2.24) is 4.72 Å². The van der Waals surface area contributed by atoms with Crippen LogP contribution >= 0.6 is 27.3 Å². The zero-order valence-electron chi connectivity index (χ0n) is 11.7. The highest BCUT2D eigenvalue weighted by atomic mass is 79.9. The molecule has 1 unspecified atom stereocenters. The minimum atomic E-state index is -3.73. The number of methoxy groups -OCH3 is 1. The molecule has 0 spiro atoms. The van der Waals surface area contributed by atoms with Crippen LogP contribution in [0.5, 0.6) is 0 Å². The summed E-state index contributed by atoms with van der Waals surface area (Å²) >= 11 is 4.64. The topological polar surface area (TPSA) is 72.5 Å². The molecule has 0 aliphatic carbocycles. The van der Waals surface area contributed by atoms with Gasteiger partial charge in [0.1, 0.15) is 0 Å². The Balaban J connectivity index is 2.25. The Labute approximate surface area is 141 Å². The first-order valence-corrected chi connectivity index (χ1v) is 9.46. The van der Waals surface area contributed by atoms with Gasteiger partial charge in [-0.05, 0) is 35.7 Å². The molecule has 0 radical (unpaired) electrons. The molecule has 0 saturated carbocycles. The van der Waals surface area contributed by atoms with Crippen molar-refractivity contribution in [2.45, 2.75) is 17.4 Å². The molecule has 1 N–H and O–H groups in total. The van der Waals surface area contributed by atoms with Crippen LogP contribution < -0.4 is 4.72 Å². The highest BCUT2D eigenvalue weighted by Crippen LogP contribution is 2.25. The third-order valence-corrected chi connectivity index (χ3v) is 5.91. The molecule has 0 amide bonds. The minimum Gasteiger partial charge on any atom is -0.469 e. The lowest BCUT2D eigenvalue weighted by Gasteiger charge is -2.16. The molecule has 5 nitrogen and oxygen atoms in total. The van der Waals surface area contributed by atoms with Crippen molar-refractivity contribution in [2.24, 2.45) is 0 Å². The van der Waals surface area contributed by atoms with E-state index in [1.54, 1.807) is 24.3 Å². The lowest BCUT2D eigenvalue weighted by Crippen LogP contribution is -2.30. The SMILES string of the molecule is COC(=O)CC(NS(=O)(=O)c1ccc(Br)cc1)c1cccs1. The summed E-state index contributed by atoms with van der Waals surface area (Å²) in [6, 6.07) is 9.22. The van der Waals surface area contributed by atoms with Crippen molar-refractivity contribution in [3.8, 4) is 0 Å². The molecule has 0 aliphatic heterocycles. The molecule has 0 saturated heterocycles. The number of thiophene rings is 1. The summed E-state index contributed by atoms with van der Waals surface area (Å²) in [5.41, 5.74) is 0. The van der Waals surface area contributed by atoms with E-state index in [0.717, 1.165) is 9.35 Å². The van der Waals surface area contributed by atoms with Gasteiger partial charge >= 0.3 is 5.97 Å². The average molecular weight is 404 g/mol. The summed E-state index contributed by atoms with van der Waals surface area (Å²) in [6.07, 6.45) is -0.0627. The van der Waals surface area contributed by atoms with Crippen molar-refractivity contribution in [1.29, 1.82) is 0 Å². The van der Waals surface area contributed by atoms with Crippen LogP contribution in [0.4, 0.5) is 0 Å². The average Bonchev–Trinajstić information content (AvgIpc) is 3.01. The van der Waals surface area contributed by atoms with Gasteiger partial charge in [0.15, 0.2) is 0 Å². The lowest BCUT2D eigenvalue weighted by molar-refractivity contribution is -0.141. The summed E-state index contributed by atoms with van der Waals surface area (Å²) < 4.78 is 32.9. The van der Waals surface area contributed by atoms with E-state index in [1.165, 1.54) is 30.6 Å². The quantitative estimate of drug-likeness (QED) is 0.752. The van der Waals surface area contributed by atoms with Crippen LogP contribution in [0.15, 0.2) is 51.1 Å². The van der Waals surface area contributed by atoms with Gasteiger partial charge < -0.3 is 4.74 Å². The van der Waals surface area contributed by atoms with E-state index in [9.17, 15) is 13.2 Å². The fourth-order valence-corrected chi connectivity index (χ4v) is 4.14. The van der Waals surface area contributed by atoms with Gasteiger partial charge in [0.25, 0.3) is 0 Å². The maximum absolute atomic E-state index is 12.4. The molecule has 1 aromatic carbocycles. The van der Waals surface area contributed by atoms with E-state index in [-0.39, 0.29) is 11.3 Å². The number of hydrogen-bond acceptors (Lipinski definition) is 5. The summed E-state index contributed by atoms with van der Waals surface area (Å²) in [5, 5.41) is 1.83. The number of sulfonamides is 1. The largest absolute Gasteiger partial charge is 0.469 e. The third-order valence-electron chi connectivity index (χ3n) is 2.91. The van der Waals surface area contributed by atoms with Crippen molar-refractivity contribution in [2.75, 3.05) is 7.11 Å². The van der Waals surface area contributed by atoms with Gasteiger partial charge in [-0.15, -0.1) is 11.3 Å². The summed E-state index contributed by atoms with van der Waals surface area (Å²) in [7, 11) is -2.45. The predicted molar refractivity (Wildman–Crippen MR) is 88.2 cm³/mol. The van der Waals surface area contributed by atoms with E-state index >= 15 is 0 Å². The number of carbonyl (C=O) groups is 1. The van der Waals surface area contributed by atoms with Crippen LogP contribution in [-0.4, -0.2) is 21.5 Å². The number of ether oxygens (including phenoxy) is 1. The number of benzene rings is 1. The second kappa shape index (κ2) is 7.36. The van der Waals surface area contributed by atoms with Crippen LogP contribution in [-0.2, 0) is 19.6 Å². The molecule has 0 bridgehead atoms. The molecule has 1 heterocycles. The molecule has 1 aromatic heterocycles. The van der Waals surface area contributed by atoms with Crippen LogP contribution in [0, 0.1) is 0 Å². The van der Waals surface area contributed by atoms with Crippen molar-refractivity contribution >= 4 is 43.3 Å². The first-order chi connectivity index (χ1) is 10.4. The number of halogens is 1. The number of esters is 1. The molecule has 1 atom stereocenters. The van der Waals surface area contributed by atoms with Gasteiger partial charge in [0, 0.05) is 9.35 Å². The van der Waals surface area contributed by atoms with Crippen LogP contribution in [0.25, 0.3) is 0 Å². The zero-order chi connectivity index (χ0) is 16.2. The number of nitrogens with one attached hydrogen (secondary N) is 1. The Kier molecular flexibility index (Phi) is 5.74. The summed E-state index contributed by atoms with van der Waals surface area (Å²) in [5.74, 6) is -0.475. The van der Waals surface area contributed by atoms with Crippen LogP contribution in [0.3, 0.4) is 0 Å². The Morgan fingerprint density at radius 2 is 2.00 bits per heavy atom. The maximum atomic E-state index is 12.4. The fraction of sp³-hybridized carbons (Fsp3) is 0.214. The van der Waals surface area contributed by atoms with Gasteiger partial charge in [-0.1, -0.05) is 22.0 Å². The monoisotopic (exact) mass is 403 g/mol. The first-order valence-electron chi connectivity index (χ1n) is 6.30. The highest BCUT2D eigenvalue weighted by Gasteiger charge is 2.24. The normalized spacial score (nSPS) is 12.8. The molecule has 2 aromatic rings. The second-order valence-corrected chi connectivity index (χ2v) is 8.03. The third kappa shape index (κ3) is 4.39. The molecule has 22 heavy (non-hydrogen) atoms.